The lowest BCUT2D eigenvalue weighted by Crippen LogP contribution is -2.33. The van der Waals surface area contributed by atoms with E-state index < -0.39 is 12.0 Å². The van der Waals surface area contributed by atoms with Crippen molar-refractivity contribution in [2.45, 2.75) is 32.2 Å². The monoisotopic (exact) mass is 311 g/mol. The topological polar surface area (TPSA) is 66.4 Å². The van der Waals surface area contributed by atoms with E-state index >= 15 is 0 Å². The Bertz CT molecular complexity index is 650. The maximum Gasteiger partial charge on any atom is 0.330 e. The van der Waals surface area contributed by atoms with Gasteiger partial charge in [-0.05, 0) is 29.5 Å². The van der Waals surface area contributed by atoms with Gasteiger partial charge in [0.05, 0.1) is 0 Å². The first-order valence-corrected chi connectivity index (χ1v) is 7.75. The molecule has 1 atom stereocenters. The summed E-state index contributed by atoms with van der Waals surface area (Å²) in [6.45, 7) is 2.10. The summed E-state index contributed by atoms with van der Waals surface area (Å²) in [6.07, 6.45) is 1.84. The predicted molar refractivity (Wildman–Crippen MR) is 89.1 cm³/mol. The molecule has 0 aliphatic rings. The van der Waals surface area contributed by atoms with Crippen LogP contribution >= 0.6 is 0 Å². The number of benzene rings is 2. The normalized spacial score (nSPS) is 11.7. The summed E-state index contributed by atoms with van der Waals surface area (Å²) in [5.41, 5.74) is 2.90. The highest BCUT2D eigenvalue weighted by molar-refractivity contribution is 5.84. The second kappa shape index (κ2) is 8.13. The molecule has 2 N–H and O–H groups in total. The van der Waals surface area contributed by atoms with Gasteiger partial charge in [0.15, 0.2) is 6.04 Å². The molecule has 2 aromatic carbocycles. The molecule has 1 unspecified atom stereocenters. The van der Waals surface area contributed by atoms with Gasteiger partial charge in [-0.15, -0.1) is 0 Å². The summed E-state index contributed by atoms with van der Waals surface area (Å²) in [7, 11) is 0. The van der Waals surface area contributed by atoms with Crippen LogP contribution in [0.1, 0.15) is 36.1 Å². The Kier molecular flexibility index (Phi) is 5.92. The lowest BCUT2D eigenvalue weighted by atomic mass is 10.0. The van der Waals surface area contributed by atoms with Gasteiger partial charge in [0, 0.05) is 6.42 Å². The third kappa shape index (κ3) is 4.95. The zero-order valence-electron chi connectivity index (χ0n) is 13.2. The van der Waals surface area contributed by atoms with E-state index in [4.69, 9.17) is 0 Å². The average molecular weight is 311 g/mol. The van der Waals surface area contributed by atoms with Gasteiger partial charge in [-0.3, -0.25) is 4.79 Å². The van der Waals surface area contributed by atoms with Crippen molar-refractivity contribution in [3.05, 3.63) is 71.3 Å². The minimum Gasteiger partial charge on any atom is -0.479 e. The molecule has 0 radical (unpaired) electrons. The molecule has 4 nitrogen and oxygen atoms in total. The number of hydrogen-bond donors (Lipinski definition) is 2. The Balaban J connectivity index is 1.93. The Morgan fingerprint density at radius 1 is 1.00 bits per heavy atom. The molecule has 0 fully saturated rings. The number of hydrogen-bond acceptors (Lipinski definition) is 2. The summed E-state index contributed by atoms with van der Waals surface area (Å²) in [5.74, 6) is -1.32. The van der Waals surface area contributed by atoms with Crippen molar-refractivity contribution >= 4 is 11.9 Å². The fraction of sp³-hybridized carbons (Fsp3) is 0.263. The molecule has 23 heavy (non-hydrogen) atoms. The van der Waals surface area contributed by atoms with E-state index in [1.807, 2.05) is 18.2 Å². The lowest BCUT2D eigenvalue weighted by molar-refractivity contribution is -0.142. The molecule has 120 valence electrons. The Morgan fingerprint density at radius 3 is 2.17 bits per heavy atom. The molecule has 0 heterocycles. The van der Waals surface area contributed by atoms with E-state index in [1.165, 1.54) is 5.56 Å². The summed E-state index contributed by atoms with van der Waals surface area (Å²) >= 11 is 0. The quantitative estimate of drug-likeness (QED) is 0.825. The lowest BCUT2D eigenvalue weighted by Gasteiger charge is -2.15. The van der Waals surface area contributed by atoms with Crippen LogP contribution in [0, 0.1) is 0 Å². The molecule has 0 aromatic heterocycles. The molecular weight excluding hydrogens is 290 g/mol. The minimum atomic E-state index is -1.06. The van der Waals surface area contributed by atoms with Gasteiger partial charge in [-0.25, -0.2) is 4.79 Å². The molecular formula is C19H21NO3. The fourth-order valence-corrected chi connectivity index (χ4v) is 2.37. The van der Waals surface area contributed by atoms with E-state index in [0.29, 0.717) is 12.0 Å². The first-order valence-electron chi connectivity index (χ1n) is 7.75. The molecule has 0 aliphatic carbocycles. The first-order chi connectivity index (χ1) is 11.1. The molecule has 2 aromatic rings. The Hall–Kier alpha value is -2.62. The number of carboxylic acid groups (broad SMARTS) is 1. The molecule has 0 aliphatic heterocycles. The highest BCUT2D eigenvalue weighted by Gasteiger charge is 2.21. The van der Waals surface area contributed by atoms with Crippen LogP contribution in [0.3, 0.4) is 0 Å². The van der Waals surface area contributed by atoms with Gasteiger partial charge in [-0.2, -0.15) is 0 Å². The van der Waals surface area contributed by atoms with Gasteiger partial charge in [0.1, 0.15) is 0 Å². The third-order valence-electron chi connectivity index (χ3n) is 3.76. The van der Waals surface area contributed by atoms with Crippen molar-refractivity contribution < 1.29 is 14.7 Å². The third-order valence-corrected chi connectivity index (χ3v) is 3.76. The minimum absolute atomic E-state index is 0.263. The van der Waals surface area contributed by atoms with E-state index in [2.05, 4.69) is 24.4 Å². The van der Waals surface area contributed by atoms with Gasteiger partial charge in [0.25, 0.3) is 0 Å². The number of amides is 1. The van der Waals surface area contributed by atoms with Gasteiger partial charge >= 0.3 is 5.97 Å². The van der Waals surface area contributed by atoms with Crippen LogP contribution < -0.4 is 5.32 Å². The van der Waals surface area contributed by atoms with Crippen molar-refractivity contribution in [2.75, 3.05) is 0 Å². The fourth-order valence-electron chi connectivity index (χ4n) is 2.37. The zero-order valence-corrected chi connectivity index (χ0v) is 13.2. The van der Waals surface area contributed by atoms with Gasteiger partial charge < -0.3 is 10.4 Å². The SMILES string of the molecule is CCc1ccc(CCC(=O)NC(C(=O)O)c2ccccc2)cc1. The highest BCUT2D eigenvalue weighted by atomic mass is 16.4. The van der Waals surface area contributed by atoms with Crippen LogP contribution in [0.2, 0.25) is 0 Å². The van der Waals surface area contributed by atoms with E-state index in [0.717, 1.165) is 12.0 Å². The van der Waals surface area contributed by atoms with Crippen LogP contribution in [0.25, 0.3) is 0 Å². The maximum absolute atomic E-state index is 12.1. The van der Waals surface area contributed by atoms with Crippen molar-refractivity contribution in [1.82, 2.24) is 5.32 Å². The smallest absolute Gasteiger partial charge is 0.330 e. The average Bonchev–Trinajstić information content (AvgIpc) is 2.58. The Morgan fingerprint density at radius 2 is 1.61 bits per heavy atom. The number of carboxylic acids is 1. The highest BCUT2D eigenvalue weighted by Crippen LogP contribution is 2.13. The van der Waals surface area contributed by atoms with Crippen molar-refractivity contribution in [3.8, 4) is 0 Å². The van der Waals surface area contributed by atoms with Gasteiger partial charge in [-0.1, -0.05) is 61.5 Å². The van der Waals surface area contributed by atoms with E-state index in [9.17, 15) is 14.7 Å². The predicted octanol–water partition coefficient (Wildman–Crippen LogP) is 3.12. The standard InChI is InChI=1S/C19H21NO3/c1-2-14-8-10-15(11-9-14)12-13-17(21)20-18(19(22)23)16-6-4-3-5-7-16/h3-11,18H,2,12-13H2,1H3,(H,20,21)(H,22,23). The number of carbonyl (C=O) groups is 2. The van der Waals surface area contributed by atoms with Crippen LogP contribution in [0.15, 0.2) is 54.6 Å². The molecule has 0 saturated carbocycles. The second-order valence-electron chi connectivity index (χ2n) is 5.42. The number of rotatable bonds is 7. The second-order valence-corrected chi connectivity index (χ2v) is 5.42. The first kappa shape index (κ1) is 16.7. The number of aryl methyl sites for hydroxylation is 2. The summed E-state index contributed by atoms with van der Waals surface area (Å²) < 4.78 is 0. The molecule has 0 saturated heterocycles. The van der Waals surface area contributed by atoms with Crippen LogP contribution in [0.4, 0.5) is 0 Å². The maximum atomic E-state index is 12.1. The molecule has 2 rings (SSSR count). The van der Waals surface area contributed by atoms with Crippen molar-refractivity contribution in [3.63, 3.8) is 0 Å². The molecule has 0 bridgehead atoms. The zero-order chi connectivity index (χ0) is 16.7. The van der Waals surface area contributed by atoms with Crippen molar-refractivity contribution in [1.29, 1.82) is 0 Å². The van der Waals surface area contributed by atoms with E-state index in [1.54, 1.807) is 24.3 Å². The summed E-state index contributed by atoms with van der Waals surface area (Å²) in [6, 6.07) is 15.8. The van der Waals surface area contributed by atoms with Gasteiger partial charge in [0.2, 0.25) is 5.91 Å². The summed E-state index contributed by atoms with van der Waals surface area (Å²) in [5, 5.41) is 11.9. The molecule has 4 heteroatoms. The number of carbonyl (C=O) groups excluding carboxylic acids is 1. The van der Waals surface area contributed by atoms with Crippen LogP contribution in [-0.2, 0) is 22.4 Å². The summed E-state index contributed by atoms with van der Waals surface area (Å²) in [4.78, 5) is 23.4. The largest absolute Gasteiger partial charge is 0.479 e. The number of aliphatic carboxylic acids is 1. The van der Waals surface area contributed by atoms with Crippen LogP contribution in [-0.4, -0.2) is 17.0 Å². The molecule has 1 amide bonds. The van der Waals surface area contributed by atoms with E-state index in [-0.39, 0.29) is 12.3 Å². The van der Waals surface area contributed by atoms with Crippen molar-refractivity contribution in [2.24, 2.45) is 0 Å². The van der Waals surface area contributed by atoms with Crippen LogP contribution in [0.5, 0.6) is 0 Å². The molecule has 0 spiro atoms. The Labute approximate surface area is 136 Å². The number of nitrogens with one attached hydrogen (secondary N) is 1.